The van der Waals surface area contributed by atoms with Gasteiger partial charge in [-0.3, -0.25) is 4.79 Å². The summed E-state index contributed by atoms with van der Waals surface area (Å²) in [5.41, 5.74) is 0.716. The third-order valence-corrected chi connectivity index (χ3v) is 4.40. The second kappa shape index (κ2) is 6.34. The van der Waals surface area contributed by atoms with Crippen molar-refractivity contribution in [3.05, 3.63) is 34.3 Å². The van der Waals surface area contributed by atoms with Crippen LogP contribution < -0.4 is 10.2 Å². The van der Waals surface area contributed by atoms with Gasteiger partial charge in [0.1, 0.15) is 6.04 Å². The van der Waals surface area contributed by atoms with Crippen LogP contribution in [0, 0.1) is 0 Å². The van der Waals surface area contributed by atoms with E-state index in [0.29, 0.717) is 11.6 Å². The first-order valence-corrected chi connectivity index (χ1v) is 7.39. The van der Waals surface area contributed by atoms with E-state index in [2.05, 4.69) is 28.2 Å². The molecule has 1 aromatic rings. The maximum Gasteiger partial charge on any atom is 0.252 e. The highest BCUT2D eigenvalue weighted by atomic mass is 79.9. The second-order valence-corrected chi connectivity index (χ2v) is 5.65. The zero-order chi connectivity index (χ0) is 13.0. The van der Waals surface area contributed by atoms with E-state index in [0.717, 1.165) is 17.6 Å². The van der Waals surface area contributed by atoms with Crippen molar-refractivity contribution in [1.82, 2.24) is 5.32 Å². The van der Waals surface area contributed by atoms with E-state index in [1.54, 1.807) is 4.90 Å². The molecule has 1 unspecified atom stereocenters. The molecule has 98 valence electrons. The van der Waals surface area contributed by atoms with Gasteiger partial charge in [0, 0.05) is 17.3 Å². The SMILES string of the molecule is CC[NH+]1CCC[C@@H]1CNC(=O)c1ccccc1Br. The zero-order valence-electron chi connectivity index (χ0n) is 10.7. The van der Waals surface area contributed by atoms with Crippen molar-refractivity contribution < 1.29 is 9.69 Å². The van der Waals surface area contributed by atoms with Gasteiger partial charge in [-0.15, -0.1) is 0 Å². The van der Waals surface area contributed by atoms with Gasteiger partial charge < -0.3 is 10.2 Å². The van der Waals surface area contributed by atoms with Crippen molar-refractivity contribution in [3.63, 3.8) is 0 Å². The summed E-state index contributed by atoms with van der Waals surface area (Å²) in [7, 11) is 0. The van der Waals surface area contributed by atoms with E-state index >= 15 is 0 Å². The van der Waals surface area contributed by atoms with E-state index in [1.807, 2.05) is 24.3 Å². The van der Waals surface area contributed by atoms with Crippen LogP contribution in [-0.4, -0.2) is 31.6 Å². The highest BCUT2D eigenvalue weighted by molar-refractivity contribution is 9.10. The predicted molar refractivity (Wildman–Crippen MR) is 75.9 cm³/mol. The number of nitrogens with one attached hydrogen (secondary N) is 2. The maximum absolute atomic E-state index is 12.1. The summed E-state index contributed by atoms with van der Waals surface area (Å²) in [6, 6.07) is 8.13. The number of likely N-dealkylation sites (tertiary alicyclic amines) is 1. The Morgan fingerprint density at radius 2 is 2.28 bits per heavy atom. The number of amides is 1. The molecule has 1 saturated heterocycles. The third kappa shape index (κ3) is 3.12. The molecule has 2 rings (SSSR count). The van der Waals surface area contributed by atoms with E-state index in [-0.39, 0.29) is 5.91 Å². The van der Waals surface area contributed by atoms with Crippen LogP contribution in [-0.2, 0) is 0 Å². The van der Waals surface area contributed by atoms with Gasteiger partial charge in [0.2, 0.25) is 0 Å². The normalized spacial score (nSPS) is 23.0. The summed E-state index contributed by atoms with van der Waals surface area (Å²) in [6.07, 6.45) is 2.50. The van der Waals surface area contributed by atoms with Crippen molar-refractivity contribution in [1.29, 1.82) is 0 Å². The monoisotopic (exact) mass is 311 g/mol. The molecular weight excluding hydrogens is 292 g/mol. The first-order valence-electron chi connectivity index (χ1n) is 6.59. The topological polar surface area (TPSA) is 33.5 Å². The fourth-order valence-corrected chi connectivity index (χ4v) is 3.12. The van der Waals surface area contributed by atoms with Crippen LogP contribution in [0.5, 0.6) is 0 Å². The average Bonchev–Trinajstić information content (AvgIpc) is 2.84. The zero-order valence-corrected chi connectivity index (χ0v) is 12.3. The Bertz CT molecular complexity index is 422. The molecule has 1 heterocycles. The lowest BCUT2D eigenvalue weighted by Gasteiger charge is -2.20. The van der Waals surface area contributed by atoms with Crippen molar-refractivity contribution in [2.24, 2.45) is 0 Å². The number of carbonyl (C=O) groups excluding carboxylic acids is 1. The molecule has 1 fully saturated rings. The molecule has 1 aromatic carbocycles. The summed E-state index contributed by atoms with van der Waals surface area (Å²) >= 11 is 3.41. The molecule has 0 bridgehead atoms. The quantitative estimate of drug-likeness (QED) is 0.862. The molecule has 2 atom stereocenters. The van der Waals surface area contributed by atoms with Gasteiger partial charge >= 0.3 is 0 Å². The van der Waals surface area contributed by atoms with Crippen molar-refractivity contribution in [2.75, 3.05) is 19.6 Å². The van der Waals surface area contributed by atoms with Crippen molar-refractivity contribution in [3.8, 4) is 0 Å². The lowest BCUT2D eigenvalue weighted by molar-refractivity contribution is -0.909. The number of quaternary nitrogens is 1. The summed E-state index contributed by atoms with van der Waals surface area (Å²) in [5, 5.41) is 3.06. The Kier molecular flexibility index (Phi) is 4.78. The van der Waals surface area contributed by atoms with Crippen LogP contribution in [0.25, 0.3) is 0 Å². The third-order valence-electron chi connectivity index (χ3n) is 3.71. The standard InChI is InChI=1S/C14H19BrN2O/c1-2-17-9-5-6-11(17)10-16-14(18)12-7-3-4-8-13(12)15/h3-4,7-8,11H,2,5-6,9-10H2,1H3,(H,16,18)/p+1/t11-/m1/s1. The highest BCUT2D eigenvalue weighted by Gasteiger charge is 2.27. The van der Waals surface area contributed by atoms with Gasteiger partial charge in [-0.2, -0.15) is 0 Å². The first kappa shape index (κ1) is 13.6. The minimum Gasteiger partial charge on any atom is -0.346 e. The van der Waals surface area contributed by atoms with Gasteiger partial charge in [0.05, 0.1) is 25.2 Å². The minimum absolute atomic E-state index is 0.0184. The Morgan fingerprint density at radius 3 is 3.00 bits per heavy atom. The highest BCUT2D eigenvalue weighted by Crippen LogP contribution is 2.15. The van der Waals surface area contributed by atoms with Gasteiger partial charge in [-0.25, -0.2) is 0 Å². The van der Waals surface area contributed by atoms with Crippen LogP contribution in [0.15, 0.2) is 28.7 Å². The molecule has 18 heavy (non-hydrogen) atoms. The molecule has 1 amide bonds. The molecule has 0 aliphatic carbocycles. The van der Waals surface area contributed by atoms with Gasteiger partial charge in [0.25, 0.3) is 5.91 Å². The Balaban J connectivity index is 1.91. The fourth-order valence-electron chi connectivity index (χ4n) is 2.65. The molecule has 2 N–H and O–H groups in total. The van der Waals surface area contributed by atoms with Gasteiger partial charge in [-0.1, -0.05) is 12.1 Å². The predicted octanol–water partition coefficient (Wildman–Crippen LogP) is 1.25. The second-order valence-electron chi connectivity index (χ2n) is 4.79. The van der Waals surface area contributed by atoms with Crippen LogP contribution in [0.1, 0.15) is 30.1 Å². The largest absolute Gasteiger partial charge is 0.346 e. The van der Waals surface area contributed by atoms with E-state index in [9.17, 15) is 4.79 Å². The molecular formula is C14H20BrN2O+. The number of benzene rings is 1. The van der Waals surface area contributed by atoms with Crippen LogP contribution in [0.3, 0.4) is 0 Å². The van der Waals surface area contributed by atoms with E-state index < -0.39 is 0 Å². The smallest absolute Gasteiger partial charge is 0.252 e. The average molecular weight is 312 g/mol. The summed E-state index contributed by atoms with van der Waals surface area (Å²) < 4.78 is 0.855. The number of hydrogen-bond acceptors (Lipinski definition) is 1. The van der Waals surface area contributed by atoms with Gasteiger partial charge in [0.15, 0.2) is 0 Å². The van der Waals surface area contributed by atoms with Crippen LogP contribution in [0.4, 0.5) is 0 Å². The number of carbonyl (C=O) groups is 1. The van der Waals surface area contributed by atoms with Crippen molar-refractivity contribution in [2.45, 2.75) is 25.8 Å². The van der Waals surface area contributed by atoms with E-state index in [1.165, 1.54) is 19.4 Å². The number of rotatable bonds is 4. The fraction of sp³-hybridized carbons (Fsp3) is 0.500. The lowest BCUT2D eigenvalue weighted by atomic mass is 10.2. The Morgan fingerprint density at radius 1 is 1.50 bits per heavy atom. The molecule has 1 aliphatic rings. The van der Waals surface area contributed by atoms with Crippen molar-refractivity contribution >= 4 is 21.8 Å². The molecule has 3 nitrogen and oxygen atoms in total. The molecule has 4 heteroatoms. The molecule has 0 aromatic heterocycles. The Hall–Kier alpha value is -0.870. The summed E-state index contributed by atoms with van der Waals surface area (Å²) in [5.74, 6) is 0.0184. The number of likely N-dealkylation sites (N-methyl/N-ethyl adjacent to an activating group) is 1. The maximum atomic E-state index is 12.1. The molecule has 0 radical (unpaired) electrons. The lowest BCUT2D eigenvalue weighted by Crippen LogP contribution is -3.14. The summed E-state index contributed by atoms with van der Waals surface area (Å²) in [6.45, 7) is 5.38. The first-order chi connectivity index (χ1) is 8.72. The van der Waals surface area contributed by atoms with Crippen LogP contribution >= 0.6 is 15.9 Å². The minimum atomic E-state index is 0.0184. The molecule has 1 aliphatic heterocycles. The molecule has 0 saturated carbocycles. The number of hydrogen-bond donors (Lipinski definition) is 2. The molecule has 0 spiro atoms. The van der Waals surface area contributed by atoms with Crippen LogP contribution in [0.2, 0.25) is 0 Å². The summed E-state index contributed by atoms with van der Waals surface area (Å²) in [4.78, 5) is 13.7. The van der Waals surface area contributed by atoms with Gasteiger partial charge in [-0.05, 0) is 35.0 Å². The Labute approximate surface area is 117 Å². The van der Waals surface area contributed by atoms with E-state index in [4.69, 9.17) is 0 Å². The number of halogens is 1.